The fraction of sp³-hybridized carbons (Fsp3) is 0.354. The summed E-state index contributed by atoms with van der Waals surface area (Å²) in [6.07, 6.45) is 5.20. The fourth-order valence-electron chi connectivity index (χ4n) is 9.89. The molecular formula is C48H48ClN5O6. The van der Waals surface area contributed by atoms with Crippen LogP contribution in [0.25, 0.3) is 11.1 Å². The number of piperidine rings is 3. The molecule has 4 aromatic carbocycles. The van der Waals surface area contributed by atoms with Crippen LogP contribution in [0, 0.1) is 5.41 Å². The molecule has 3 saturated heterocycles. The summed E-state index contributed by atoms with van der Waals surface area (Å²) < 4.78 is 0. The van der Waals surface area contributed by atoms with Crippen molar-refractivity contribution in [1.29, 1.82) is 0 Å². The lowest BCUT2D eigenvalue weighted by Crippen LogP contribution is -2.54. The molecule has 5 heterocycles. The van der Waals surface area contributed by atoms with Crippen LogP contribution in [0.2, 0.25) is 0 Å². The molecule has 308 valence electrons. The maximum Gasteiger partial charge on any atom is 0.262 e. The molecule has 5 amide bonds. The predicted octanol–water partition coefficient (Wildman–Crippen LogP) is 6.61. The van der Waals surface area contributed by atoms with E-state index in [0.717, 1.165) is 90.2 Å². The average Bonchev–Trinajstić information content (AvgIpc) is 3.79. The number of halogens is 1. The molecule has 5 aliphatic heterocycles. The highest BCUT2D eigenvalue weighted by atomic mass is 35.5. The molecule has 3 fully saturated rings. The number of imide groups is 2. The second kappa shape index (κ2) is 16.3. The molecule has 0 bridgehead atoms. The Morgan fingerprint density at radius 2 is 1.33 bits per heavy atom. The van der Waals surface area contributed by atoms with Crippen molar-refractivity contribution in [3.05, 3.63) is 130 Å². The lowest BCUT2D eigenvalue weighted by molar-refractivity contribution is -0.136. The zero-order valence-corrected chi connectivity index (χ0v) is 34.3. The number of phenols is 1. The molecule has 4 aromatic rings. The number of amides is 5. The van der Waals surface area contributed by atoms with Crippen LogP contribution in [-0.4, -0.2) is 94.0 Å². The van der Waals surface area contributed by atoms with Crippen LogP contribution in [0.15, 0.2) is 91.0 Å². The fourth-order valence-corrected chi connectivity index (χ4v) is 10.1. The number of carbonyl (C=O) groups is 5. The van der Waals surface area contributed by atoms with Crippen LogP contribution in [0.1, 0.15) is 93.5 Å². The molecular weight excluding hydrogens is 778 g/mol. The van der Waals surface area contributed by atoms with Crippen LogP contribution in [0.4, 0.5) is 5.69 Å². The van der Waals surface area contributed by atoms with Gasteiger partial charge in [-0.05, 0) is 132 Å². The lowest BCUT2D eigenvalue weighted by Gasteiger charge is -2.47. The minimum Gasteiger partial charge on any atom is -0.508 e. The van der Waals surface area contributed by atoms with Gasteiger partial charge in [-0.1, -0.05) is 54.6 Å². The molecule has 60 heavy (non-hydrogen) atoms. The first-order valence-electron chi connectivity index (χ1n) is 21.0. The third kappa shape index (κ3) is 7.60. The number of hydrogen-bond acceptors (Lipinski definition) is 8. The second-order valence-electron chi connectivity index (χ2n) is 16.9. The van der Waals surface area contributed by atoms with Gasteiger partial charge in [-0.15, -0.1) is 11.6 Å². The van der Waals surface area contributed by atoms with Gasteiger partial charge in [-0.3, -0.25) is 39.1 Å². The third-order valence-electron chi connectivity index (χ3n) is 13.4. The number of alkyl halides is 1. The number of likely N-dealkylation sites (tertiary alicyclic amines) is 1. The molecule has 5 aliphatic rings. The Hall–Kier alpha value is -5.78. The van der Waals surface area contributed by atoms with Crippen LogP contribution in [0.3, 0.4) is 0 Å². The van der Waals surface area contributed by atoms with E-state index in [1.54, 1.807) is 29.2 Å². The van der Waals surface area contributed by atoms with Crippen molar-refractivity contribution < 1.29 is 29.1 Å². The largest absolute Gasteiger partial charge is 0.508 e. The van der Waals surface area contributed by atoms with Gasteiger partial charge in [0.1, 0.15) is 11.8 Å². The minimum atomic E-state index is -1.01. The summed E-state index contributed by atoms with van der Waals surface area (Å²) in [5, 5.41) is 12.3. The average molecular weight is 826 g/mol. The van der Waals surface area contributed by atoms with E-state index in [4.69, 9.17) is 11.6 Å². The molecule has 1 atom stereocenters. The van der Waals surface area contributed by atoms with Gasteiger partial charge in [-0.2, -0.15) is 0 Å². The van der Waals surface area contributed by atoms with Crippen LogP contribution < -0.4 is 10.2 Å². The number of phenolic OH excluding ortho intramolecular Hbond substituents is 1. The van der Waals surface area contributed by atoms with Crippen molar-refractivity contribution in [2.24, 2.45) is 5.41 Å². The number of nitrogens with one attached hydrogen (secondary N) is 1. The number of fused-ring (bicyclic) bond motifs is 2. The number of nitrogens with zero attached hydrogens (tertiary/aromatic N) is 4. The topological polar surface area (TPSA) is 131 Å². The van der Waals surface area contributed by atoms with E-state index >= 15 is 0 Å². The van der Waals surface area contributed by atoms with Crippen LogP contribution >= 0.6 is 11.6 Å². The Labute approximate surface area is 354 Å². The highest BCUT2D eigenvalue weighted by molar-refractivity contribution is 6.23. The Bertz CT molecular complexity index is 2340. The van der Waals surface area contributed by atoms with Gasteiger partial charge in [0.25, 0.3) is 11.8 Å². The summed E-state index contributed by atoms with van der Waals surface area (Å²) >= 11 is 6.37. The third-order valence-corrected chi connectivity index (χ3v) is 13.6. The van der Waals surface area contributed by atoms with Crippen molar-refractivity contribution in [3.8, 4) is 5.75 Å². The van der Waals surface area contributed by atoms with Gasteiger partial charge >= 0.3 is 0 Å². The van der Waals surface area contributed by atoms with E-state index in [0.29, 0.717) is 31.9 Å². The number of hydrogen-bond donors (Lipinski definition) is 2. The minimum absolute atomic E-state index is 0.0327. The number of allylic oxidation sites excluding steroid dienone is 1. The monoisotopic (exact) mass is 825 g/mol. The molecule has 11 nitrogen and oxygen atoms in total. The zero-order valence-electron chi connectivity index (χ0n) is 33.5. The number of benzene rings is 4. The summed E-state index contributed by atoms with van der Waals surface area (Å²) in [6, 6.07) is 29.0. The molecule has 9 rings (SSSR count). The number of rotatable bonds is 9. The van der Waals surface area contributed by atoms with Crippen molar-refractivity contribution in [2.45, 2.75) is 64.1 Å². The van der Waals surface area contributed by atoms with Crippen LogP contribution in [0.5, 0.6) is 5.75 Å². The summed E-state index contributed by atoms with van der Waals surface area (Å²) in [4.78, 5) is 71.9. The molecule has 0 aliphatic carbocycles. The van der Waals surface area contributed by atoms with Crippen molar-refractivity contribution in [1.82, 2.24) is 20.0 Å². The van der Waals surface area contributed by atoms with E-state index in [1.807, 2.05) is 30.3 Å². The van der Waals surface area contributed by atoms with Gasteiger partial charge < -0.3 is 14.9 Å². The zero-order chi connectivity index (χ0) is 41.5. The van der Waals surface area contributed by atoms with Gasteiger partial charge in [0, 0.05) is 44.2 Å². The van der Waals surface area contributed by atoms with Gasteiger partial charge in [0.05, 0.1) is 17.7 Å². The normalized spacial score (nSPS) is 20.6. The van der Waals surface area contributed by atoms with E-state index in [1.165, 1.54) is 11.3 Å². The summed E-state index contributed by atoms with van der Waals surface area (Å²) in [7, 11) is 0. The highest BCUT2D eigenvalue weighted by Gasteiger charge is 2.46. The van der Waals surface area contributed by atoms with E-state index in [2.05, 4.69) is 51.5 Å². The summed E-state index contributed by atoms with van der Waals surface area (Å²) in [5.74, 6) is -1.35. The number of carbonyl (C=O) groups excluding carboxylic acids is 5. The lowest BCUT2D eigenvalue weighted by atomic mass is 9.71. The van der Waals surface area contributed by atoms with E-state index in [9.17, 15) is 29.1 Å². The first kappa shape index (κ1) is 39.7. The second-order valence-corrected chi connectivity index (χ2v) is 17.3. The number of anilines is 1. The Balaban J connectivity index is 0.794. The standard InChI is InChI=1S/C48H48ClN5O6/c49-21-16-38(31-4-2-1-3-5-31)44(33-8-12-37(55)13-9-33)32-6-10-36(11-7-32)52-24-19-48(20-25-52)17-22-51(23-18-48)30-43(57)53-28-34-26-39-40(27-35(34)29-53)47(60)54(46(39)59)41-14-15-42(56)50-45(41)58/h1-13,26-27,41,55H,14-25,28-30H2,(H,50,56,58). The van der Waals surface area contributed by atoms with Gasteiger partial charge in [0.15, 0.2) is 0 Å². The van der Waals surface area contributed by atoms with Crippen molar-refractivity contribution >= 4 is 58.0 Å². The molecule has 1 unspecified atom stereocenters. The molecule has 12 heteroatoms. The summed E-state index contributed by atoms with van der Waals surface area (Å²) in [6.45, 7) is 4.76. The van der Waals surface area contributed by atoms with Crippen LogP contribution in [-0.2, 0) is 27.5 Å². The molecule has 0 radical (unpaired) electrons. The van der Waals surface area contributed by atoms with Crippen molar-refractivity contribution in [3.63, 3.8) is 0 Å². The van der Waals surface area contributed by atoms with E-state index in [-0.39, 0.29) is 41.0 Å². The first-order valence-corrected chi connectivity index (χ1v) is 21.5. The molecule has 2 N–H and O–H groups in total. The highest BCUT2D eigenvalue weighted by Crippen LogP contribution is 2.43. The van der Waals surface area contributed by atoms with Gasteiger partial charge in [0.2, 0.25) is 17.7 Å². The van der Waals surface area contributed by atoms with Gasteiger partial charge in [-0.25, -0.2) is 0 Å². The SMILES string of the molecule is O=C1CCC(N2C(=O)c3cc4c(cc3C2=O)CN(C(=O)CN2CCC3(CC2)CCN(c2ccc(C(=C(CCCl)c5ccccc5)c5ccc(O)cc5)cc2)CC3)C4)C(=O)N1. The Morgan fingerprint density at radius 1 is 0.750 bits per heavy atom. The maximum absolute atomic E-state index is 13.6. The first-order chi connectivity index (χ1) is 29.1. The number of aromatic hydroxyl groups is 1. The van der Waals surface area contributed by atoms with Crippen molar-refractivity contribution in [2.75, 3.05) is 43.5 Å². The molecule has 0 aromatic heterocycles. The van der Waals surface area contributed by atoms with E-state index < -0.39 is 29.7 Å². The molecule has 1 spiro atoms. The Kier molecular flexibility index (Phi) is 10.8. The summed E-state index contributed by atoms with van der Waals surface area (Å²) in [5.41, 5.74) is 9.19. The Morgan fingerprint density at radius 3 is 1.92 bits per heavy atom. The smallest absolute Gasteiger partial charge is 0.262 e. The quantitative estimate of drug-likeness (QED) is 0.110. The maximum atomic E-state index is 13.6. The predicted molar refractivity (Wildman–Crippen MR) is 229 cm³/mol. The molecule has 0 saturated carbocycles.